The van der Waals surface area contributed by atoms with Crippen LogP contribution in [0.1, 0.15) is 99.3 Å². The Morgan fingerprint density at radius 2 is 1.92 bits per heavy atom. The van der Waals surface area contributed by atoms with Crippen molar-refractivity contribution >= 4 is 11.9 Å². The molecule has 0 saturated heterocycles. The topological polar surface area (TPSA) is 61.8 Å². The third-order valence-electron chi connectivity index (χ3n) is 11.0. The first kappa shape index (κ1) is 25.9. The van der Waals surface area contributed by atoms with Crippen molar-refractivity contribution in [2.45, 2.75) is 112 Å². The fourth-order valence-electron chi connectivity index (χ4n) is 9.27. The molecule has 0 unspecified atom stereocenters. The number of esters is 2. The van der Waals surface area contributed by atoms with Gasteiger partial charge in [-0.25, -0.2) is 0 Å². The molecule has 5 rings (SSSR count). The van der Waals surface area contributed by atoms with E-state index in [2.05, 4.69) is 33.8 Å². The molecule has 0 radical (unpaired) electrons. The fraction of sp³-hybridized carbons (Fsp3) is 0.806. The minimum Gasteiger partial charge on any atom is -0.494 e. The van der Waals surface area contributed by atoms with Gasteiger partial charge in [0.25, 0.3) is 0 Å². The number of fused-ring (bicyclic) bond motifs is 7. The number of carbonyl (C=O) groups excluding carboxylic acids is 2. The fourth-order valence-corrected chi connectivity index (χ4v) is 9.27. The van der Waals surface area contributed by atoms with Crippen molar-refractivity contribution < 1.29 is 23.8 Å². The zero-order valence-electron chi connectivity index (χ0n) is 23.2. The Morgan fingerprint density at radius 3 is 2.64 bits per heavy atom. The molecule has 5 nitrogen and oxygen atoms in total. The van der Waals surface area contributed by atoms with Gasteiger partial charge in [-0.2, -0.15) is 0 Å². The van der Waals surface area contributed by atoms with Crippen LogP contribution in [0, 0.1) is 40.4 Å². The van der Waals surface area contributed by atoms with E-state index in [1.807, 2.05) is 0 Å². The van der Waals surface area contributed by atoms with E-state index in [9.17, 15) is 9.59 Å². The quantitative estimate of drug-likeness (QED) is 0.299. The molecule has 36 heavy (non-hydrogen) atoms. The highest BCUT2D eigenvalue weighted by molar-refractivity contribution is 5.66. The van der Waals surface area contributed by atoms with Crippen molar-refractivity contribution in [1.29, 1.82) is 0 Å². The van der Waals surface area contributed by atoms with Gasteiger partial charge < -0.3 is 14.2 Å². The molecule has 0 spiro atoms. The molecule has 0 aromatic rings. The van der Waals surface area contributed by atoms with Crippen LogP contribution < -0.4 is 0 Å². The largest absolute Gasteiger partial charge is 0.494 e. The minimum atomic E-state index is -0.200. The molecule has 3 saturated carbocycles. The minimum absolute atomic E-state index is 0.0643. The number of carbonyl (C=O) groups is 2. The molecule has 4 aliphatic carbocycles. The van der Waals surface area contributed by atoms with Crippen molar-refractivity contribution in [1.82, 2.24) is 0 Å². The molecule has 1 heterocycles. The normalized spacial score (nSPS) is 41.8. The van der Waals surface area contributed by atoms with Gasteiger partial charge in [0.2, 0.25) is 0 Å². The smallest absolute Gasteiger partial charge is 0.302 e. The van der Waals surface area contributed by atoms with Crippen LogP contribution in [0.5, 0.6) is 0 Å². The Bertz CT molecular complexity index is 964. The SMILES string of the molecule is CC(=O)OC[C@@H](C)CCC1=C(C)[C@@H]2[C@@H](C[C@@H]3[C@H]4CC=C5C[C@@H](OC(C)=O)CC[C@]5(C)[C@@H]4CC[C@@]32C)O1. The van der Waals surface area contributed by atoms with Crippen LogP contribution in [0.4, 0.5) is 0 Å². The van der Waals surface area contributed by atoms with Crippen molar-refractivity contribution in [2.24, 2.45) is 40.4 Å². The molecule has 0 bridgehead atoms. The first-order valence-electron chi connectivity index (χ1n) is 14.4. The summed E-state index contributed by atoms with van der Waals surface area (Å²) in [5.74, 6) is 3.93. The second-order valence-corrected chi connectivity index (χ2v) is 13.2. The zero-order valence-corrected chi connectivity index (χ0v) is 23.2. The maximum absolute atomic E-state index is 11.5. The lowest BCUT2D eigenvalue weighted by molar-refractivity contribution is -0.148. The summed E-state index contributed by atoms with van der Waals surface area (Å²) in [6.45, 7) is 13.1. The summed E-state index contributed by atoms with van der Waals surface area (Å²) in [7, 11) is 0. The first-order valence-corrected chi connectivity index (χ1v) is 14.4. The van der Waals surface area contributed by atoms with Crippen LogP contribution >= 0.6 is 0 Å². The first-order chi connectivity index (χ1) is 17.0. The highest BCUT2D eigenvalue weighted by Crippen LogP contribution is 2.69. The standard InChI is InChI=1S/C31H46O5/c1-18(17-34-20(3)32)7-10-27-19(2)29-28(36-27)16-26-24-9-8-22-15-23(35-21(4)33)11-13-30(22,5)25(24)12-14-31(26,29)6/h8,18,23-26,28-29H,7,9-17H2,1-6H3/t18-,23-,24-,25+,26+,28+,29+,30-,31-/m0/s1. The lowest BCUT2D eigenvalue weighted by atomic mass is 9.47. The molecule has 0 aromatic heterocycles. The Hall–Kier alpha value is -1.78. The van der Waals surface area contributed by atoms with E-state index in [4.69, 9.17) is 14.2 Å². The average molecular weight is 499 g/mol. The lowest BCUT2D eigenvalue weighted by Gasteiger charge is -2.58. The monoisotopic (exact) mass is 498 g/mol. The third kappa shape index (κ3) is 4.32. The van der Waals surface area contributed by atoms with E-state index < -0.39 is 0 Å². The van der Waals surface area contributed by atoms with Crippen LogP contribution in [0.25, 0.3) is 0 Å². The molecule has 200 valence electrons. The predicted octanol–water partition coefficient (Wildman–Crippen LogP) is 6.76. The van der Waals surface area contributed by atoms with Crippen LogP contribution in [-0.4, -0.2) is 30.8 Å². The lowest BCUT2D eigenvalue weighted by Crippen LogP contribution is -2.50. The molecule has 0 amide bonds. The Balaban J connectivity index is 1.29. The molecule has 0 N–H and O–H groups in total. The van der Waals surface area contributed by atoms with Gasteiger partial charge in [-0.3, -0.25) is 9.59 Å². The Kier molecular flexibility index (Phi) is 6.83. The van der Waals surface area contributed by atoms with Crippen molar-refractivity contribution in [3.8, 4) is 0 Å². The molecule has 3 fully saturated rings. The molecule has 0 aromatic carbocycles. The number of allylic oxidation sites excluding steroid dienone is 2. The number of hydrogen-bond acceptors (Lipinski definition) is 5. The molecule has 5 aliphatic rings. The zero-order chi connectivity index (χ0) is 25.8. The van der Waals surface area contributed by atoms with Gasteiger partial charge in [0, 0.05) is 32.6 Å². The van der Waals surface area contributed by atoms with Gasteiger partial charge in [-0.05, 0) is 91.9 Å². The molecular formula is C31H46O5. The van der Waals surface area contributed by atoms with E-state index in [1.165, 1.54) is 50.9 Å². The summed E-state index contributed by atoms with van der Waals surface area (Å²) in [5.41, 5.74) is 3.62. The molecule has 1 aliphatic heterocycles. The summed E-state index contributed by atoms with van der Waals surface area (Å²) in [4.78, 5) is 22.7. The van der Waals surface area contributed by atoms with Gasteiger partial charge in [-0.15, -0.1) is 0 Å². The molecule has 9 atom stereocenters. The van der Waals surface area contributed by atoms with Crippen LogP contribution in [0.15, 0.2) is 23.0 Å². The van der Waals surface area contributed by atoms with Crippen molar-refractivity contribution in [3.05, 3.63) is 23.0 Å². The van der Waals surface area contributed by atoms with Crippen LogP contribution in [-0.2, 0) is 23.8 Å². The summed E-state index contributed by atoms with van der Waals surface area (Å²) in [6, 6.07) is 0. The number of rotatable bonds is 6. The number of hydrogen-bond donors (Lipinski definition) is 0. The van der Waals surface area contributed by atoms with Gasteiger partial charge in [0.1, 0.15) is 12.2 Å². The summed E-state index contributed by atoms with van der Waals surface area (Å²) >= 11 is 0. The van der Waals surface area contributed by atoms with Gasteiger partial charge in [0.05, 0.1) is 12.4 Å². The number of ether oxygens (including phenoxy) is 3. The predicted molar refractivity (Wildman–Crippen MR) is 139 cm³/mol. The maximum atomic E-state index is 11.5. The van der Waals surface area contributed by atoms with E-state index >= 15 is 0 Å². The van der Waals surface area contributed by atoms with Gasteiger partial charge >= 0.3 is 11.9 Å². The highest BCUT2D eigenvalue weighted by Gasteiger charge is 2.63. The summed E-state index contributed by atoms with van der Waals surface area (Å²) < 4.78 is 17.5. The van der Waals surface area contributed by atoms with Crippen molar-refractivity contribution in [2.75, 3.05) is 6.61 Å². The van der Waals surface area contributed by atoms with Gasteiger partial charge in [0.15, 0.2) is 0 Å². The second kappa shape index (κ2) is 9.51. The van der Waals surface area contributed by atoms with Crippen LogP contribution in [0.2, 0.25) is 0 Å². The van der Waals surface area contributed by atoms with E-state index in [0.717, 1.165) is 43.9 Å². The van der Waals surface area contributed by atoms with Crippen molar-refractivity contribution in [3.63, 3.8) is 0 Å². The third-order valence-corrected chi connectivity index (χ3v) is 11.0. The Labute approximate surface area is 217 Å². The van der Waals surface area contributed by atoms with Gasteiger partial charge in [-0.1, -0.05) is 32.4 Å². The maximum Gasteiger partial charge on any atom is 0.302 e. The molecule has 5 heteroatoms. The Morgan fingerprint density at radius 1 is 1.14 bits per heavy atom. The van der Waals surface area contributed by atoms with Crippen LogP contribution in [0.3, 0.4) is 0 Å². The molecular weight excluding hydrogens is 452 g/mol. The summed E-state index contributed by atoms with van der Waals surface area (Å²) in [6.07, 6.45) is 12.9. The highest BCUT2D eigenvalue weighted by atomic mass is 16.5. The van der Waals surface area contributed by atoms with E-state index in [0.29, 0.717) is 35.9 Å². The van der Waals surface area contributed by atoms with E-state index in [-0.39, 0.29) is 23.5 Å². The summed E-state index contributed by atoms with van der Waals surface area (Å²) in [5, 5.41) is 0. The average Bonchev–Trinajstić information content (AvgIpc) is 3.29. The van der Waals surface area contributed by atoms with E-state index in [1.54, 1.807) is 5.57 Å². The second-order valence-electron chi connectivity index (χ2n) is 13.2.